The fourth-order valence-corrected chi connectivity index (χ4v) is 4.76. The van der Waals surface area contributed by atoms with E-state index in [1.807, 2.05) is 18.4 Å². The van der Waals surface area contributed by atoms with E-state index in [0.717, 1.165) is 0 Å². The maximum atomic E-state index is 15.3. The summed E-state index contributed by atoms with van der Waals surface area (Å²) < 4.78 is 22.6. The second kappa shape index (κ2) is 9.19. The first-order valence-electron chi connectivity index (χ1n) is 11.3. The minimum absolute atomic E-state index is 0.0233. The predicted octanol–water partition coefficient (Wildman–Crippen LogP) is 4.93. The van der Waals surface area contributed by atoms with Crippen molar-refractivity contribution in [3.63, 3.8) is 0 Å². The molecule has 3 heterocycles. The van der Waals surface area contributed by atoms with Crippen molar-refractivity contribution in [3.8, 4) is 23.3 Å². The zero-order chi connectivity index (χ0) is 26.4. The number of rotatable bonds is 5. The second-order valence-electron chi connectivity index (χ2n) is 8.67. The maximum absolute atomic E-state index is 15.3. The molecule has 0 saturated carbocycles. The number of anilines is 2. The van der Waals surface area contributed by atoms with E-state index in [2.05, 4.69) is 16.0 Å². The topological polar surface area (TPSA) is 123 Å². The van der Waals surface area contributed by atoms with Crippen molar-refractivity contribution in [3.05, 3.63) is 82.0 Å². The van der Waals surface area contributed by atoms with Crippen LogP contribution in [0.5, 0.6) is 5.88 Å². The number of ether oxygens (including phenoxy) is 1. The van der Waals surface area contributed by atoms with E-state index in [4.69, 9.17) is 27.1 Å². The Bertz CT molecular complexity index is 1580. The zero-order valence-electron chi connectivity index (χ0n) is 20.1. The number of fused-ring (bicyclic) bond motifs is 1. The molecular formula is C26H21ClFN7O2. The van der Waals surface area contributed by atoms with Gasteiger partial charge in [0.15, 0.2) is 11.5 Å². The molecule has 1 atom stereocenters. The monoisotopic (exact) mass is 517 g/mol. The maximum Gasteiger partial charge on any atom is 0.279 e. The third kappa shape index (κ3) is 3.84. The third-order valence-electron chi connectivity index (χ3n) is 6.16. The molecule has 2 aromatic carbocycles. The molecule has 2 N–H and O–H groups in total. The van der Waals surface area contributed by atoms with Gasteiger partial charge >= 0.3 is 0 Å². The molecule has 0 fully saturated rings. The minimum Gasteiger partial charge on any atom is -0.480 e. The van der Waals surface area contributed by atoms with E-state index >= 15 is 4.39 Å². The Morgan fingerprint density at radius 3 is 2.57 bits per heavy atom. The second-order valence-corrected chi connectivity index (χ2v) is 9.08. The Kier molecular flexibility index (Phi) is 6.01. The normalized spacial score (nSPS) is 14.7. The van der Waals surface area contributed by atoms with E-state index in [9.17, 15) is 10.1 Å². The Morgan fingerprint density at radius 2 is 1.92 bits per heavy atom. The van der Waals surface area contributed by atoms with Crippen LogP contribution < -0.4 is 15.4 Å². The summed E-state index contributed by atoms with van der Waals surface area (Å²) in [5, 5.41) is 9.17. The molecule has 0 bridgehead atoms. The lowest BCUT2D eigenvalue weighted by atomic mass is 10.0. The van der Waals surface area contributed by atoms with Crippen LogP contribution in [0.3, 0.4) is 0 Å². The summed E-state index contributed by atoms with van der Waals surface area (Å²) in [4.78, 5) is 28.2. The fourth-order valence-electron chi connectivity index (χ4n) is 4.59. The molecule has 11 heteroatoms. The van der Waals surface area contributed by atoms with Crippen molar-refractivity contribution < 1.29 is 13.9 Å². The van der Waals surface area contributed by atoms with Gasteiger partial charge in [-0.05, 0) is 43.7 Å². The number of imidazole rings is 1. The van der Waals surface area contributed by atoms with Crippen LogP contribution in [0.4, 0.5) is 16.0 Å². The van der Waals surface area contributed by atoms with Crippen molar-refractivity contribution in [2.45, 2.75) is 25.9 Å². The van der Waals surface area contributed by atoms with Gasteiger partial charge in [0.25, 0.3) is 5.91 Å². The molecule has 5 rings (SSSR count). The molecule has 37 heavy (non-hydrogen) atoms. The van der Waals surface area contributed by atoms with E-state index in [1.54, 1.807) is 30.3 Å². The number of nitrogens with zero attached hydrogens (tertiary/aromatic N) is 6. The smallest absolute Gasteiger partial charge is 0.279 e. The molecule has 2 aromatic heterocycles. The van der Waals surface area contributed by atoms with Crippen LogP contribution in [0.1, 0.15) is 53.2 Å². The first-order valence-corrected chi connectivity index (χ1v) is 11.7. The molecule has 1 aliphatic rings. The van der Waals surface area contributed by atoms with Crippen LogP contribution in [0, 0.1) is 17.1 Å². The first kappa shape index (κ1) is 24.2. The van der Waals surface area contributed by atoms with Gasteiger partial charge in [0, 0.05) is 12.2 Å². The molecule has 0 unspecified atom stereocenters. The Balaban J connectivity index is 1.80. The van der Waals surface area contributed by atoms with E-state index in [-0.39, 0.29) is 34.3 Å². The molecule has 9 nitrogen and oxygen atoms in total. The fraction of sp³-hybridized carbons (Fsp3) is 0.192. The lowest BCUT2D eigenvalue weighted by molar-refractivity contribution is 0.0988. The number of amides is 1. The molecule has 0 spiro atoms. The number of methoxy groups -OCH3 is 1. The molecule has 0 saturated heterocycles. The van der Waals surface area contributed by atoms with Gasteiger partial charge in [-0.3, -0.25) is 9.69 Å². The van der Waals surface area contributed by atoms with Gasteiger partial charge in [-0.15, -0.1) is 0 Å². The Morgan fingerprint density at radius 1 is 1.19 bits per heavy atom. The average Bonchev–Trinajstić information content (AvgIpc) is 3.41. The number of halogens is 2. The van der Waals surface area contributed by atoms with E-state index in [0.29, 0.717) is 28.2 Å². The zero-order valence-corrected chi connectivity index (χ0v) is 20.9. The summed E-state index contributed by atoms with van der Waals surface area (Å²) in [6.45, 7) is 3.89. The number of carbonyl (C=O) groups excluding carboxylic acids is 1. The van der Waals surface area contributed by atoms with Crippen LogP contribution in [0.15, 0.2) is 48.7 Å². The SMILES string of the molecule is COc1nc(N)ncc1-c1nc2c(n1C(C)C)[C@H](c1ccc(C#N)cc1)N(c1cccc(Cl)c1F)C2=O. The van der Waals surface area contributed by atoms with Crippen molar-refractivity contribution >= 4 is 29.1 Å². The standard InChI is InChI=1S/C26H21ClFN7O2/c1-13(2)34-22-20(32-23(34)16-12-31-26(30)33-24(16)37-3)25(36)35(18-6-4-5-17(27)19(18)28)21(22)15-9-7-14(11-29)8-10-15/h4-10,12-13,21H,1-3H3,(H2,30,31,33)/t21-/m0/s1. The number of hydrogen-bond donors (Lipinski definition) is 1. The van der Waals surface area contributed by atoms with Crippen molar-refractivity contribution in [2.75, 3.05) is 17.7 Å². The lowest BCUT2D eigenvalue weighted by Gasteiger charge is -2.29. The van der Waals surface area contributed by atoms with Crippen molar-refractivity contribution in [1.29, 1.82) is 5.26 Å². The van der Waals surface area contributed by atoms with E-state index in [1.165, 1.54) is 30.3 Å². The summed E-state index contributed by atoms with van der Waals surface area (Å²) >= 11 is 6.08. The van der Waals surface area contributed by atoms with Gasteiger partial charge in [0.05, 0.1) is 40.7 Å². The number of benzene rings is 2. The third-order valence-corrected chi connectivity index (χ3v) is 6.45. The number of nitriles is 1. The highest BCUT2D eigenvalue weighted by atomic mass is 35.5. The summed E-state index contributed by atoms with van der Waals surface area (Å²) in [6, 6.07) is 12.4. The molecular weight excluding hydrogens is 497 g/mol. The number of carbonyl (C=O) groups is 1. The summed E-state index contributed by atoms with van der Waals surface area (Å²) in [5.41, 5.74) is 8.04. The minimum atomic E-state index is -0.757. The molecule has 1 aliphatic heterocycles. The van der Waals surface area contributed by atoms with Gasteiger partial charge in [0.1, 0.15) is 11.9 Å². The highest BCUT2D eigenvalue weighted by Gasteiger charge is 2.46. The summed E-state index contributed by atoms with van der Waals surface area (Å²) in [5.74, 6) is -0.564. The molecule has 1 amide bonds. The van der Waals surface area contributed by atoms with Crippen LogP contribution >= 0.6 is 11.6 Å². The predicted molar refractivity (Wildman–Crippen MR) is 136 cm³/mol. The van der Waals surface area contributed by atoms with Gasteiger partial charge in [0.2, 0.25) is 11.8 Å². The summed E-state index contributed by atoms with van der Waals surface area (Å²) in [6.07, 6.45) is 1.49. The van der Waals surface area contributed by atoms with Crippen molar-refractivity contribution in [1.82, 2.24) is 19.5 Å². The lowest BCUT2D eigenvalue weighted by Crippen LogP contribution is -2.31. The molecule has 186 valence electrons. The van der Waals surface area contributed by atoms with Gasteiger partial charge < -0.3 is 15.0 Å². The number of nitrogens with two attached hydrogens (primary N) is 1. The largest absolute Gasteiger partial charge is 0.480 e. The quantitative estimate of drug-likeness (QED) is 0.398. The first-order chi connectivity index (χ1) is 17.8. The van der Waals surface area contributed by atoms with Crippen LogP contribution in [0.25, 0.3) is 11.4 Å². The highest BCUT2D eigenvalue weighted by Crippen LogP contribution is 2.46. The molecule has 0 radical (unpaired) electrons. The van der Waals surface area contributed by atoms with Crippen molar-refractivity contribution in [2.24, 2.45) is 0 Å². The van der Waals surface area contributed by atoms with Gasteiger partial charge in [-0.1, -0.05) is 29.8 Å². The number of aromatic nitrogens is 4. The molecule has 0 aliphatic carbocycles. The Labute approximate surface area is 216 Å². The number of nitrogen functional groups attached to an aromatic ring is 1. The van der Waals surface area contributed by atoms with Gasteiger partial charge in [-0.25, -0.2) is 14.4 Å². The van der Waals surface area contributed by atoms with Crippen LogP contribution in [-0.4, -0.2) is 32.5 Å². The highest BCUT2D eigenvalue weighted by molar-refractivity contribution is 6.31. The average molecular weight is 518 g/mol. The summed E-state index contributed by atoms with van der Waals surface area (Å²) in [7, 11) is 1.45. The van der Waals surface area contributed by atoms with Crippen LogP contribution in [0.2, 0.25) is 5.02 Å². The van der Waals surface area contributed by atoms with E-state index < -0.39 is 17.8 Å². The molecule has 4 aromatic rings. The van der Waals surface area contributed by atoms with Gasteiger partial charge in [-0.2, -0.15) is 10.2 Å². The number of hydrogen-bond acceptors (Lipinski definition) is 7. The Hall–Kier alpha value is -4.49. The van der Waals surface area contributed by atoms with Crippen LogP contribution in [-0.2, 0) is 0 Å².